The lowest BCUT2D eigenvalue weighted by Gasteiger charge is -2.35. The standard InChI is InChI=1S/C16H20O4/c1-2-11-12(6-7-13-14(11)20-10-19-13)16(15(17)18)8-4-3-5-9-16/h6-7H,2-5,8-10H2,1H3,(H,17,18). The third kappa shape index (κ3) is 1.86. The van der Waals surface area contributed by atoms with Gasteiger partial charge in [0.25, 0.3) is 0 Å². The highest BCUT2D eigenvalue weighted by Gasteiger charge is 2.43. The largest absolute Gasteiger partial charge is 0.481 e. The minimum atomic E-state index is -0.745. The molecule has 3 rings (SSSR count). The lowest BCUT2D eigenvalue weighted by Crippen LogP contribution is -2.38. The molecule has 2 aliphatic rings. The molecule has 0 amide bonds. The van der Waals surface area contributed by atoms with Crippen LogP contribution in [0.4, 0.5) is 0 Å². The van der Waals surface area contributed by atoms with Gasteiger partial charge in [0, 0.05) is 5.56 Å². The van der Waals surface area contributed by atoms with Gasteiger partial charge in [-0.25, -0.2) is 0 Å². The van der Waals surface area contributed by atoms with Crippen LogP contribution in [0.2, 0.25) is 0 Å². The van der Waals surface area contributed by atoms with Crippen molar-refractivity contribution in [1.29, 1.82) is 0 Å². The van der Waals surface area contributed by atoms with Crippen molar-refractivity contribution in [2.24, 2.45) is 0 Å². The van der Waals surface area contributed by atoms with Gasteiger partial charge < -0.3 is 14.6 Å². The predicted octanol–water partition coefficient (Wildman–Crippen LogP) is 3.26. The zero-order valence-electron chi connectivity index (χ0n) is 11.8. The van der Waals surface area contributed by atoms with Crippen molar-refractivity contribution in [3.8, 4) is 11.5 Å². The van der Waals surface area contributed by atoms with E-state index in [1.165, 1.54) is 0 Å². The van der Waals surface area contributed by atoms with Crippen LogP contribution in [0.5, 0.6) is 11.5 Å². The maximum Gasteiger partial charge on any atom is 0.314 e. The van der Waals surface area contributed by atoms with Gasteiger partial charge in [0.2, 0.25) is 6.79 Å². The number of carbonyl (C=O) groups is 1. The molecule has 1 N–H and O–H groups in total. The van der Waals surface area contributed by atoms with E-state index in [2.05, 4.69) is 0 Å². The minimum Gasteiger partial charge on any atom is -0.481 e. The van der Waals surface area contributed by atoms with E-state index in [0.717, 1.165) is 61.2 Å². The van der Waals surface area contributed by atoms with E-state index in [1.54, 1.807) is 0 Å². The first kappa shape index (κ1) is 13.3. The van der Waals surface area contributed by atoms with Gasteiger partial charge >= 0.3 is 5.97 Å². The van der Waals surface area contributed by atoms with Crippen LogP contribution in [0.3, 0.4) is 0 Å². The van der Waals surface area contributed by atoms with Gasteiger partial charge in [-0.15, -0.1) is 0 Å². The highest BCUT2D eigenvalue weighted by atomic mass is 16.7. The van der Waals surface area contributed by atoms with Gasteiger partial charge in [-0.3, -0.25) is 4.79 Å². The number of fused-ring (bicyclic) bond motifs is 1. The first-order valence-electron chi connectivity index (χ1n) is 7.34. The number of aliphatic carboxylic acids is 1. The number of carboxylic acid groups (broad SMARTS) is 1. The summed E-state index contributed by atoms with van der Waals surface area (Å²) in [6.07, 6.45) is 5.27. The monoisotopic (exact) mass is 276 g/mol. The van der Waals surface area contributed by atoms with Crippen molar-refractivity contribution < 1.29 is 19.4 Å². The molecule has 20 heavy (non-hydrogen) atoms. The van der Waals surface area contributed by atoms with Crippen LogP contribution in [0.25, 0.3) is 0 Å². The van der Waals surface area contributed by atoms with Gasteiger partial charge in [-0.1, -0.05) is 32.3 Å². The van der Waals surface area contributed by atoms with Crippen molar-refractivity contribution >= 4 is 5.97 Å². The topological polar surface area (TPSA) is 55.8 Å². The molecule has 1 aliphatic carbocycles. The van der Waals surface area contributed by atoms with Gasteiger partial charge in [-0.2, -0.15) is 0 Å². The van der Waals surface area contributed by atoms with Crippen molar-refractivity contribution in [2.45, 2.75) is 50.9 Å². The molecule has 0 bridgehead atoms. The van der Waals surface area contributed by atoms with E-state index in [-0.39, 0.29) is 6.79 Å². The van der Waals surface area contributed by atoms with Crippen LogP contribution in [0.15, 0.2) is 12.1 Å². The highest BCUT2D eigenvalue weighted by molar-refractivity contribution is 5.83. The van der Waals surface area contributed by atoms with Crippen molar-refractivity contribution in [3.63, 3.8) is 0 Å². The molecule has 0 aromatic heterocycles. The maximum absolute atomic E-state index is 12.0. The number of hydrogen-bond acceptors (Lipinski definition) is 3. The average molecular weight is 276 g/mol. The van der Waals surface area contributed by atoms with Crippen LogP contribution < -0.4 is 9.47 Å². The molecule has 4 nitrogen and oxygen atoms in total. The molecule has 1 heterocycles. The predicted molar refractivity (Wildman–Crippen MR) is 74.3 cm³/mol. The summed E-state index contributed by atoms with van der Waals surface area (Å²) in [4.78, 5) is 12.0. The Hall–Kier alpha value is -1.71. The Balaban J connectivity index is 2.14. The molecule has 1 fully saturated rings. The summed E-state index contributed by atoms with van der Waals surface area (Å²) in [5.74, 6) is 0.781. The Bertz CT molecular complexity index is 530. The number of rotatable bonds is 3. The van der Waals surface area contributed by atoms with Gasteiger partial charge in [0.15, 0.2) is 11.5 Å². The summed E-state index contributed by atoms with van der Waals surface area (Å²) in [6.45, 7) is 2.27. The van der Waals surface area contributed by atoms with Crippen LogP contribution in [-0.4, -0.2) is 17.9 Å². The Kier molecular flexibility index (Phi) is 3.32. The van der Waals surface area contributed by atoms with E-state index >= 15 is 0 Å². The van der Waals surface area contributed by atoms with Crippen LogP contribution in [-0.2, 0) is 16.6 Å². The molecule has 1 aromatic rings. The molecule has 0 unspecified atom stereocenters. The third-order valence-electron chi connectivity index (χ3n) is 4.63. The molecule has 0 saturated heterocycles. The van der Waals surface area contributed by atoms with Gasteiger partial charge in [-0.05, 0) is 30.9 Å². The van der Waals surface area contributed by atoms with Gasteiger partial charge in [0.1, 0.15) is 0 Å². The summed E-state index contributed by atoms with van der Waals surface area (Å²) in [5.41, 5.74) is 1.19. The van der Waals surface area contributed by atoms with E-state index in [9.17, 15) is 9.90 Å². The Labute approximate surface area is 118 Å². The number of ether oxygens (including phenoxy) is 2. The quantitative estimate of drug-likeness (QED) is 0.920. The molecule has 1 aromatic carbocycles. The fourth-order valence-electron chi connectivity index (χ4n) is 3.58. The molecule has 4 heteroatoms. The SMILES string of the molecule is CCc1c(C2(C(=O)O)CCCCC2)ccc2c1OCO2. The summed E-state index contributed by atoms with van der Waals surface area (Å²) in [7, 11) is 0. The Morgan fingerprint density at radius 1 is 1.25 bits per heavy atom. The normalized spacial score (nSPS) is 19.9. The fraction of sp³-hybridized carbons (Fsp3) is 0.562. The van der Waals surface area contributed by atoms with Crippen LogP contribution >= 0.6 is 0 Å². The molecule has 0 spiro atoms. The molecular weight excluding hydrogens is 256 g/mol. The van der Waals surface area contributed by atoms with Crippen LogP contribution in [0, 0.1) is 0 Å². The van der Waals surface area contributed by atoms with E-state index in [1.807, 2.05) is 19.1 Å². The Morgan fingerprint density at radius 2 is 2.00 bits per heavy atom. The first-order valence-corrected chi connectivity index (χ1v) is 7.34. The summed E-state index contributed by atoms with van der Waals surface area (Å²) in [5, 5.41) is 9.84. The van der Waals surface area contributed by atoms with Crippen molar-refractivity contribution in [2.75, 3.05) is 6.79 Å². The maximum atomic E-state index is 12.0. The summed E-state index contributed by atoms with van der Waals surface area (Å²) < 4.78 is 11.0. The first-order chi connectivity index (χ1) is 9.69. The molecule has 0 atom stereocenters. The van der Waals surface area contributed by atoms with Crippen molar-refractivity contribution in [1.82, 2.24) is 0 Å². The number of benzene rings is 1. The Morgan fingerprint density at radius 3 is 2.65 bits per heavy atom. The average Bonchev–Trinajstić information content (AvgIpc) is 2.95. The zero-order valence-corrected chi connectivity index (χ0v) is 11.8. The second-order valence-corrected chi connectivity index (χ2v) is 5.63. The summed E-state index contributed by atoms with van der Waals surface area (Å²) >= 11 is 0. The zero-order chi connectivity index (χ0) is 14.2. The van der Waals surface area contributed by atoms with Crippen LogP contribution in [0.1, 0.15) is 50.2 Å². The lowest BCUT2D eigenvalue weighted by molar-refractivity contribution is -0.145. The highest BCUT2D eigenvalue weighted by Crippen LogP contribution is 2.47. The van der Waals surface area contributed by atoms with Gasteiger partial charge in [0.05, 0.1) is 5.41 Å². The minimum absolute atomic E-state index is 0.228. The smallest absolute Gasteiger partial charge is 0.314 e. The van der Waals surface area contributed by atoms with E-state index in [4.69, 9.17) is 9.47 Å². The van der Waals surface area contributed by atoms with Crippen molar-refractivity contribution in [3.05, 3.63) is 23.3 Å². The fourth-order valence-corrected chi connectivity index (χ4v) is 3.58. The van der Waals surface area contributed by atoms with E-state index in [0.29, 0.717) is 0 Å². The number of hydrogen-bond donors (Lipinski definition) is 1. The molecule has 0 radical (unpaired) electrons. The lowest BCUT2D eigenvalue weighted by atomic mass is 9.67. The second kappa shape index (κ2) is 5.00. The summed E-state index contributed by atoms with van der Waals surface area (Å²) in [6, 6.07) is 3.79. The second-order valence-electron chi connectivity index (χ2n) is 5.63. The molecule has 108 valence electrons. The molecule has 1 saturated carbocycles. The van der Waals surface area contributed by atoms with E-state index < -0.39 is 11.4 Å². The third-order valence-corrected chi connectivity index (χ3v) is 4.63. The number of carboxylic acids is 1. The molecule has 1 aliphatic heterocycles. The molecular formula is C16H20O4.